The van der Waals surface area contributed by atoms with Crippen LogP contribution >= 0.6 is 0 Å². The van der Waals surface area contributed by atoms with Crippen molar-refractivity contribution in [3.8, 4) is 5.75 Å². The predicted octanol–water partition coefficient (Wildman–Crippen LogP) is 0.740. The molecule has 1 aliphatic heterocycles. The van der Waals surface area contributed by atoms with Crippen LogP contribution in [0.1, 0.15) is 19.3 Å². The smallest absolute Gasteiger partial charge is 0.243 e. The number of piperidine rings is 1. The molecule has 23 heavy (non-hydrogen) atoms. The van der Waals surface area contributed by atoms with E-state index in [4.69, 9.17) is 15.2 Å². The van der Waals surface area contributed by atoms with Crippen molar-refractivity contribution in [3.05, 3.63) is 24.3 Å². The lowest BCUT2D eigenvalue weighted by atomic mass is 10.0. The van der Waals surface area contributed by atoms with E-state index in [0.29, 0.717) is 31.9 Å². The van der Waals surface area contributed by atoms with Crippen molar-refractivity contribution in [1.29, 1.82) is 0 Å². The monoisotopic (exact) mass is 342 g/mol. The number of sulfonamides is 1. The number of nitrogens with zero attached hydrogens (tertiary/aromatic N) is 1. The zero-order chi connectivity index (χ0) is 16.9. The zero-order valence-electron chi connectivity index (χ0n) is 13.1. The molecule has 1 aromatic carbocycles. The van der Waals surface area contributed by atoms with E-state index in [1.54, 1.807) is 19.2 Å². The van der Waals surface area contributed by atoms with Crippen LogP contribution < -0.4 is 10.5 Å². The highest BCUT2D eigenvalue weighted by molar-refractivity contribution is 7.89. The van der Waals surface area contributed by atoms with Crippen LogP contribution in [0.4, 0.5) is 0 Å². The first kappa shape index (κ1) is 17.7. The van der Waals surface area contributed by atoms with Gasteiger partial charge in [-0.2, -0.15) is 4.31 Å². The summed E-state index contributed by atoms with van der Waals surface area (Å²) >= 11 is 0. The average molecular weight is 342 g/mol. The second-order valence-electron chi connectivity index (χ2n) is 5.34. The standard InChI is InChI=1S/C15H22N2O5S/c1-21-10-11-22-12-5-7-13(8-6-12)23(19,20)17-9-3-2-4-14(17)15(16)18/h5-8,14H,2-4,9-11H2,1H3,(H2,16,18)/t14-/m0/s1. The third-order valence-corrected chi connectivity index (χ3v) is 5.69. The molecule has 1 fully saturated rings. The molecule has 2 rings (SSSR count). The summed E-state index contributed by atoms with van der Waals surface area (Å²) in [6.45, 7) is 1.15. The number of rotatable bonds is 7. The highest BCUT2D eigenvalue weighted by atomic mass is 32.2. The Bertz CT molecular complexity index is 630. The van der Waals surface area contributed by atoms with Gasteiger partial charge in [0.25, 0.3) is 0 Å². The van der Waals surface area contributed by atoms with Crippen molar-refractivity contribution < 1.29 is 22.7 Å². The molecule has 7 nitrogen and oxygen atoms in total. The zero-order valence-corrected chi connectivity index (χ0v) is 13.9. The van der Waals surface area contributed by atoms with Gasteiger partial charge in [-0.1, -0.05) is 6.42 Å². The Balaban J connectivity index is 2.16. The van der Waals surface area contributed by atoms with Gasteiger partial charge in [0.15, 0.2) is 0 Å². The van der Waals surface area contributed by atoms with E-state index in [2.05, 4.69) is 0 Å². The van der Waals surface area contributed by atoms with E-state index >= 15 is 0 Å². The molecule has 1 aromatic rings. The van der Waals surface area contributed by atoms with Crippen LogP contribution in [0.2, 0.25) is 0 Å². The maximum absolute atomic E-state index is 12.7. The number of benzene rings is 1. The van der Waals surface area contributed by atoms with Gasteiger partial charge in [0.05, 0.1) is 11.5 Å². The van der Waals surface area contributed by atoms with Gasteiger partial charge in [0, 0.05) is 13.7 Å². The molecule has 2 N–H and O–H groups in total. The van der Waals surface area contributed by atoms with E-state index in [-0.39, 0.29) is 4.90 Å². The van der Waals surface area contributed by atoms with Gasteiger partial charge in [-0.15, -0.1) is 0 Å². The lowest BCUT2D eigenvalue weighted by molar-refractivity contribution is -0.122. The molecule has 1 heterocycles. The minimum Gasteiger partial charge on any atom is -0.491 e. The number of carbonyl (C=O) groups is 1. The Hall–Kier alpha value is -1.64. The molecule has 1 aliphatic rings. The third kappa shape index (κ3) is 4.21. The lowest BCUT2D eigenvalue weighted by Gasteiger charge is -2.32. The molecular weight excluding hydrogens is 320 g/mol. The summed E-state index contributed by atoms with van der Waals surface area (Å²) in [4.78, 5) is 11.7. The molecule has 128 valence electrons. The summed E-state index contributed by atoms with van der Waals surface area (Å²) in [5, 5.41) is 0. The van der Waals surface area contributed by atoms with E-state index in [1.807, 2.05) is 0 Å². The fraction of sp³-hybridized carbons (Fsp3) is 0.533. The van der Waals surface area contributed by atoms with Crippen molar-refractivity contribution in [2.75, 3.05) is 26.9 Å². The number of nitrogens with two attached hydrogens (primary N) is 1. The first-order valence-electron chi connectivity index (χ1n) is 7.50. The fourth-order valence-corrected chi connectivity index (χ4v) is 4.23. The molecule has 0 unspecified atom stereocenters. The van der Waals surface area contributed by atoms with Crippen LogP contribution in [-0.4, -0.2) is 51.5 Å². The van der Waals surface area contributed by atoms with Crippen molar-refractivity contribution in [1.82, 2.24) is 4.31 Å². The highest BCUT2D eigenvalue weighted by Gasteiger charge is 2.36. The van der Waals surface area contributed by atoms with Gasteiger partial charge in [-0.05, 0) is 37.1 Å². The Labute approximate surface area is 136 Å². The topological polar surface area (TPSA) is 98.9 Å². The minimum absolute atomic E-state index is 0.129. The molecule has 0 radical (unpaired) electrons. The molecule has 0 aromatic heterocycles. The number of amides is 1. The van der Waals surface area contributed by atoms with Gasteiger partial charge < -0.3 is 15.2 Å². The Morgan fingerprint density at radius 1 is 1.26 bits per heavy atom. The molecule has 1 saturated heterocycles. The maximum atomic E-state index is 12.7. The fourth-order valence-electron chi connectivity index (χ4n) is 2.56. The van der Waals surface area contributed by atoms with Crippen LogP contribution in [0, 0.1) is 0 Å². The number of hydrogen-bond acceptors (Lipinski definition) is 5. The number of methoxy groups -OCH3 is 1. The molecule has 1 atom stereocenters. The molecule has 0 spiro atoms. The summed E-state index contributed by atoms with van der Waals surface area (Å²) in [6.07, 6.45) is 1.99. The first-order chi connectivity index (χ1) is 11.0. The second-order valence-corrected chi connectivity index (χ2v) is 7.23. The summed E-state index contributed by atoms with van der Waals surface area (Å²) in [5.74, 6) is -0.0427. The molecule has 8 heteroatoms. The molecular formula is C15H22N2O5S. The van der Waals surface area contributed by atoms with E-state index in [9.17, 15) is 13.2 Å². The van der Waals surface area contributed by atoms with Crippen LogP contribution in [0.15, 0.2) is 29.2 Å². The van der Waals surface area contributed by atoms with Crippen molar-refractivity contribution >= 4 is 15.9 Å². The highest BCUT2D eigenvalue weighted by Crippen LogP contribution is 2.26. The quantitative estimate of drug-likeness (QED) is 0.737. The van der Waals surface area contributed by atoms with Crippen molar-refractivity contribution in [3.63, 3.8) is 0 Å². The normalized spacial score (nSPS) is 19.4. The number of hydrogen-bond donors (Lipinski definition) is 1. The molecule has 0 bridgehead atoms. The lowest BCUT2D eigenvalue weighted by Crippen LogP contribution is -2.50. The molecule has 0 aliphatic carbocycles. The number of carbonyl (C=O) groups excluding carboxylic acids is 1. The Kier molecular flexibility index (Phi) is 5.97. The van der Waals surface area contributed by atoms with Gasteiger partial charge in [0.2, 0.25) is 15.9 Å². The van der Waals surface area contributed by atoms with E-state index in [0.717, 1.165) is 12.8 Å². The maximum Gasteiger partial charge on any atom is 0.243 e. The second kappa shape index (κ2) is 7.76. The molecule has 1 amide bonds. The average Bonchev–Trinajstić information content (AvgIpc) is 2.55. The van der Waals surface area contributed by atoms with Gasteiger partial charge in [-0.25, -0.2) is 8.42 Å². The summed E-state index contributed by atoms with van der Waals surface area (Å²) in [6, 6.07) is 5.36. The van der Waals surface area contributed by atoms with Crippen molar-refractivity contribution in [2.45, 2.75) is 30.2 Å². The van der Waals surface area contributed by atoms with Gasteiger partial charge >= 0.3 is 0 Å². The van der Waals surface area contributed by atoms with Crippen LogP contribution in [-0.2, 0) is 19.6 Å². The van der Waals surface area contributed by atoms with E-state index in [1.165, 1.54) is 16.4 Å². The van der Waals surface area contributed by atoms with Gasteiger partial charge in [0.1, 0.15) is 18.4 Å². The summed E-state index contributed by atoms with van der Waals surface area (Å²) < 4.78 is 37.0. The van der Waals surface area contributed by atoms with Crippen LogP contribution in [0.25, 0.3) is 0 Å². The Morgan fingerprint density at radius 3 is 2.57 bits per heavy atom. The minimum atomic E-state index is -3.75. The SMILES string of the molecule is COCCOc1ccc(S(=O)(=O)N2CCCC[C@H]2C(N)=O)cc1. The molecule has 0 saturated carbocycles. The predicted molar refractivity (Wildman–Crippen MR) is 84.5 cm³/mol. The largest absolute Gasteiger partial charge is 0.491 e. The Morgan fingerprint density at radius 2 is 1.96 bits per heavy atom. The van der Waals surface area contributed by atoms with Crippen molar-refractivity contribution in [2.24, 2.45) is 5.73 Å². The van der Waals surface area contributed by atoms with E-state index < -0.39 is 22.0 Å². The summed E-state index contributed by atoms with van der Waals surface area (Å²) in [7, 11) is -2.17. The summed E-state index contributed by atoms with van der Waals surface area (Å²) in [5.41, 5.74) is 5.35. The number of primary amides is 1. The third-order valence-electron chi connectivity index (χ3n) is 3.77. The first-order valence-corrected chi connectivity index (χ1v) is 8.94. The van der Waals surface area contributed by atoms with Crippen LogP contribution in [0.3, 0.4) is 0 Å². The number of ether oxygens (including phenoxy) is 2. The van der Waals surface area contributed by atoms with Crippen LogP contribution in [0.5, 0.6) is 5.75 Å². The van der Waals surface area contributed by atoms with Gasteiger partial charge in [-0.3, -0.25) is 4.79 Å².